The summed E-state index contributed by atoms with van der Waals surface area (Å²) in [4.78, 5) is 26.6. The van der Waals surface area contributed by atoms with Crippen molar-refractivity contribution in [2.75, 3.05) is 33.0 Å². The van der Waals surface area contributed by atoms with E-state index in [0.717, 1.165) is 22.2 Å². The average molecular weight is 414 g/mol. The Morgan fingerprint density at radius 1 is 1.10 bits per heavy atom. The number of anilines is 1. The smallest absolute Gasteiger partial charge is 0.295 e. The van der Waals surface area contributed by atoms with E-state index in [1.54, 1.807) is 56.7 Å². The quantitative estimate of drug-likeness (QED) is 0.719. The molecule has 2 aromatic rings. The van der Waals surface area contributed by atoms with E-state index in [0.29, 0.717) is 33.6 Å². The number of hydrogen-bond donors (Lipinski definition) is 1. The molecular weight excluding hydrogens is 396 g/mol. The van der Waals surface area contributed by atoms with Crippen molar-refractivity contribution in [3.05, 3.63) is 46.9 Å². The fourth-order valence-corrected chi connectivity index (χ4v) is 3.75. The molecule has 2 amide bonds. The van der Waals surface area contributed by atoms with Crippen molar-refractivity contribution < 1.29 is 28.5 Å². The minimum absolute atomic E-state index is 0.00662. The van der Waals surface area contributed by atoms with Crippen LogP contribution in [0.4, 0.5) is 10.5 Å². The molecule has 2 aliphatic rings. The van der Waals surface area contributed by atoms with Crippen LogP contribution in [0.1, 0.15) is 5.56 Å². The van der Waals surface area contributed by atoms with Gasteiger partial charge in [0.1, 0.15) is 11.5 Å². The number of amides is 2. The van der Waals surface area contributed by atoms with Crippen LogP contribution in [0.5, 0.6) is 23.0 Å². The highest BCUT2D eigenvalue weighted by atomic mass is 32.2. The van der Waals surface area contributed by atoms with Crippen molar-refractivity contribution >= 4 is 34.7 Å². The summed E-state index contributed by atoms with van der Waals surface area (Å²) < 4.78 is 21.1. The first-order chi connectivity index (χ1) is 14.1. The molecule has 0 unspecified atom stereocenters. The summed E-state index contributed by atoms with van der Waals surface area (Å²) in [6.07, 6.45) is 1.67. The second-order valence-electron chi connectivity index (χ2n) is 6.12. The lowest BCUT2D eigenvalue weighted by atomic mass is 10.2. The van der Waals surface area contributed by atoms with Gasteiger partial charge in [0.25, 0.3) is 11.1 Å². The molecule has 0 atom stereocenters. The Labute approximate surface area is 171 Å². The van der Waals surface area contributed by atoms with Gasteiger partial charge in [-0.2, -0.15) is 0 Å². The zero-order valence-electron chi connectivity index (χ0n) is 15.8. The van der Waals surface area contributed by atoms with E-state index in [9.17, 15) is 9.59 Å². The van der Waals surface area contributed by atoms with E-state index in [1.165, 1.54) is 0 Å². The number of fused-ring (bicyclic) bond motifs is 1. The van der Waals surface area contributed by atoms with Crippen LogP contribution >= 0.6 is 11.8 Å². The number of ether oxygens (including phenoxy) is 4. The number of imide groups is 1. The van der Waals surface area contributed by atoms with Gasteiger partial charge in [-0.1, -0.05) is 6.07 Å². The van der Waals surface area contributed by atoms with Gasteiger partial charge in [0.15, 0.2) is 11.5 Å². The molecule has 2 aromatic carbocycles. The number of hydrogen-bond acceptors (Lipinski definition) is 8. The molecule has 150 valence electrons. The summed E-state index contributed by atoms with van der Waals surface area (Å²) in [6.45, 7) is 0.182. The molecule has 2 heterocycles. The van der Waals surface area contributed by atoms with Gasteiger partial charge in [-0.25, -0.2) is 0 Å². The van der Waals surface area contributed by atoms with Crippen LogP contribution in [0.3, 0.4) is 0 Å². The molecule has 0 saturated carbocycles. The Morgan fingerprint density at radius 3 is 2.72 bits per heavy atom. The predicted octanol–water partition coefficient (Wildman–Crippen LogP) is 3.54. The van der Waals surface area contributed by atoms with Gasteiger partial charge in [0.2, 0.25) is 6.79 Å². The van der Waals surface area contributed by atoms with Crippen LogP contribution in [0.2, 0.25) is 0 Å². The lowest BCUT2D eigenvalue weighted by molar-refractivity contribution is -0.122. The molecule has 9 heteroatoms. The predicted molar refractivity (Wildman–Crippen MR) is 108 cm³/mol. The van der Waals surface area contributed by atoms with Crippen LogP contribution in [0.15, 0.2) is 41.3 Å². The average Bonchev–Trinajstić information content (AvgIpc) is 3.30. The van der Waals surface area contributed by atoms with E-state index in [2.05, 4.69) is 5.32 Å². The normalized spacial score (nSPS) is 16.5. The SMILES string of the molecule is COc1ccc(OC)c(NCN2C(=O)S/C(=C/c3ccc4c(c3)OCO4)C2=O)c1. The summed E-state index contributed by atoms with van der Waals surface area (Å²) in [5, 5.41) is 2.71. The maximum absolute atomic E-state index is 12.7. The van der Waals surface area contributed by atoms with Gasteiger partial charge in [-0.3, -0.25) is 14.5 Å². The highest BCUT2D eigenvalue weighted by molar-refractivity contribution is 8.18. The molecule has 2 aliphatic heterocycles. The van der Waals surface area contributed by atoms with Crippen molar-refractivity contribution in [2.24, 2.45) is 0 Å². The number of nitrogens with zero attached hydrogens (tertiary/aromatic N) is 1. The summed E-state index contributed by atoms with van der Waals surface area (Å²) in [5.41, 5.74) is 1.37. The highest BCUT2D eigenvalue weighted by Gasteiger charge is 2.35. The van der Waals surface area contributed by atoms with Gasteiger partial charge in [0.05, 0.1) is 31.5 Å². The molecule has 8 nitrogen and oxygen atoms in total. The lowest BCUT2D eigenvalue weighted by Crippen LogP contribution is -2.33. The third-order valence-corrected chi connectivity index (χ3v) is 5.31. The van der Waals surface area contributed by atoms with E-state index < -0.39 is 0 Å². The first-order valence-corrected chi connectivity index (χ1v) is 9.51. The lowest BCUT2D eigenvalue weighted by Gasteiger charge is -2.17. The summed E-state index contributed by atoms with van der Waals surface area (Å²) in [7, 11) is 3.10. The topological polar surface area (TPSA) is 86.3 Å². The monoisotopic (exact) mass is 414 g/mol. The zero-order valence-corrected chi connectivity index (χ0v) is 16.6. The number of benzene rings is 2. The fourth-order valence-electron chi connectivity index (χ4n) is 2.91. The van der Waals surface area contributed by atoms with Crippen LogP contribution < -0.4 is 24.3 Å². The minimum Gasteiger partial charge on any atom is -0.497 e. The summed E-state index contributed by atoms with van der Waals surface area (Å²) >= 11 is 0.893. The molecule has 0 radical (unpaired) electrons. The Morgan fingerprint density at radius 2 is 1.93 bits per heavy atom. The maximum Gasteiger partial charge on any atom is 0.295 e. The largest absolute Gasteiger partial charge is 0.497 e. The number of carbonyl (C=O) groups excluding carboxylic acids is 2. The number of thioether (sulfide) groups is 1. The van der Waals surface area contributed by atoms with Crippen LogP contribution in [0.25, 0.3) is 6.08 Å². The molecule has 1 N–H and O–H groups in total. The third kappa shape index (κ3) is 3.81. The zero-order chi connectivity index (χ0) is 20.4. The van der Waals surface area contributed by atoms with E-state index in [-0.39, 0.29) is 24.6 Å². The van der Waals surface area contributed by atoms with Crippen molar-refractivity contribution in [1.29, 1.82) is 0 Å². The Hall–Kier alpha value is -3.33. The molecule has 0 aliphatic carbocycles. The second-order valence-corrected chi connectivity index (χ2v) is 7.12. The van der Waals surface area contributed by atoms with Crippen LogP contribution in [-0.4, -0.2) is 43.7 Å². The van der Waals surface area contributed by atoms with Gasteiger partial charge in [0, 0.05) is 6.07 Å². The fraction of sp³-hybridized carbons (Fsp3) is 0.200. The van der Waals surface area contributed by atoms with Crippen LogP contribution in [-0.2, 0) is 4.79 Å². The van der Waals surface area contributed by atoms with Gasteiger partial charge in [-0.05, 0) is 47.7 Å². The Balaban J connectivity index is 1.49. The molecule has 4 rings (SSSR count). The van der Waals surface area contributed by atoms with E-state index >= 15 is 0 Å². The van der Waals surface area contributed by atoms with E-state index in [1.807, 2.05) is 0 Å². The molecule has 1 fully saturated rings. The first kappa shape index (κ1) is 19.0. The number of rotatable bonds is 6. The maximum atomic E-state index is 12.7. The van der Waals surface area contributed by atoms with Gasteiger partial charge >= 0.3 is 0 Å². The molecule has 0 spiro atoms. The molecule has 0 bridgehead atoms. The highest BCUT2D eigenvalue weighted by Crippen LogP contribution is 2.36. The van der Waals surface area contributed by atoms with Crippen molar-refractivity contribution in [1.82, 2.24) is 4.90 Å². The van der Waals surface area contributed by atoms with Crippen molar-refractivity contribution in [3.8, 4) is 23.0 Å². The van der Waals surface area contributed by atoms with Crippen molar-refractivity contribution in [3.63, 3.8) is 0 Å². The second kappa shape index (κ2) is 7.96. The molecular formula is C20H18N2O6S. The summed E-state index contributed by atoms with van der Waals surface area (Å²) in [5.74, 6) is 2.11. The number of nitrogens with one attached hydrogen (secondary N) is 1. The Bertz CT molecular complexity index is 1010. The van der Waals surface area contributed by atoms with Crippen molar-refractivity contribution in [2.45, 2.75) is 0 Å². The third-order valence-electron chi connectivity index (χ3n) is 4.40. The number of methoxy groups -OCH3 is 2. The Kier molecular flexibility index (Phi) is 5.22. The number of carbonyl (C=O) groups is 2. The standard InChI is InChI=1S/C20H18N2O6S/c1-25-13-4-6-15(26-2)14(9-13)21-10-22-19(23)18(29-20(22)24)8-12-3-5-16-17(7-12)28-11-27-16/h3-9,21H,10-11H2,1-2H3/b18-8+. The molecule has 0 aromatic heterocycles. The molecule has 1 saturated heterocycles. The van der Waals surface area contributed by atoms with Gasteiger partial charge in [-0.15, -0.1) is 0 Å². The minimum atomic E-state index is -0.368. The first-order valence-electron chi connectivity index (χ1n) is 8.70. The summed E-state index contributed by atoms with van der Waals surface area (Å²) in [6, 6.07) is 10.6. The van der Waals surface area contributed by atoms with E-state index in [4.69, 9.17) is 18.9 Å². The molecule has 29 heavy (non-hydrogen) atoms. The van der Waals surface area contributed by atoms with Gasteiger partial charge < -0.3 is 24.3 Å². The van der Waals surface area contributed by atoms with Crippen LogP contribution in [0, 0.1) is 0 Å².